The Bertz CT molecular complexity index is 987. The third-order valence-corrected chi connectivity index (χ3v) is 3.56. The molecule has 4 aromatic rings. The molecule has 0 aliphatic carbocycles. The summed E-state index contributed by atoms with van der Waals surface area (Å²) < 4.78 is 0. The van der Waals surface area contributed by atoms with Gasteiger partial charge in [-0.1, -0.05) is 0 Å². The highest BCUT2D eigenvalue weighted by Gasteiger charge is 2.14. The largest absolute Gasteiger partial charge is 0.366 e. The van der Waals surface area contributed by atoms with E-state index < -0.39 is 5.91 Å². The van der Waals surface area contributed by atoms with E-state index in [1.807, 2.05) is 18.3 Å². The maximum absolute atomic E-state index is 11.8. The molecule has 0 aliphatic rings. The zero-order valence-electron chi connectivity index (χ0n) is 10.4. The predicted molar refractivity (Wildman–Crippen MR) is 77.4 cm³/mol. The third-order valence-electron chi connectivity index (χ3n) is 3.56. The van der Waals surface area contributed by atoms with Crippen molar-refractivity contribution in [2.45, 2.75) is 0 Å². The second-order valence-electron chi connectivity index (χ2n) is 4.67. The van der Waals surface area contributed by atoms with Crippen LogP contribution in [0.2, 0.25) is 0 Å². The molecule has 5 heteroatoms. The van der Waals surface area contributed by atoms with Gasteiger partial charge in [0.1, 0.15) is 0 Å². The lowest BCUT2D eigenvalue weighted by Gasteiger charge is -1.97. The minimum absolute atomic E-state index is 0.459. The van der Waals surface area contributed by atoms with Crippen LogP contribution in [-0.2, 0) is 0 Å². The van der Waals surface area contributed by atoms with Crippen molar-refractivity contribution in [1.82, 2.24) is 15.0 Å². The molecule has 0 fully saturated rings. The monoisotopic (exact) mass is 262 g/mol. The summed E-state index contributed by atoms with van der Waals surface area (Å²) in [4.78, 5) is 23.5. The number of hydrogen-bond acceptors (Lipinski definition) is 3. The lowest BCUT2D eigenvalue weighted by Crippen LogP contribution is -2.10. The number of nitrogens with one attached hydrogen (secondary N) is 1. The molecular weight excluding hydrogens is 252 g/mol. The first-order valence-electron chi connectivity index (χ1n) is 6.18. The highest BCUT2D eigenvalue weighted by Crippen LogP contribution is 2.31. The second kappa shape index (κ2) is 3.77. The molecule has 0 bridgehead atoms. The van der Waals surface area contributed by atoms with E-state index in [1.165, 1.54) is 0 Å². The smallest absolute Gasteiger partial charge is 0.249 e. The Hall–Kier alpha value is -2.95. The molecule has 1 aromatic carbocycles. The third kappa shape index (κ3) is 1.34. The summed E-state index contributed by atoms with van der Waals surface area (Å²) in [6, 6.07) is 5.54. The fraction of sp³-hybridized carbons (Fsp3) is 0. The molecule has 0 saturated heterocycles. The number of primary amides is 1. The average molecular weight is 262 g/mol. The fourth-order valence-corrected chi connectivity index (χ4v) is 2.66. The van der Waals surface area contributed by atoms with E-state index in [9.17, 15) is 4.79 Å². The summed E-state index contributed by atoms with van der Waals surface area (Å²) in [5.41, 5.74) is 7.73. The number of carbonyl (C=O) groups is 1. The van der Waals surface area contributed by atoms with Gasteiger partial charge >= 0.3 is 0 Å². The van der Waals surface area contributed by atoms with Gasteiger partial charge in [-0.3, -0.25) is 14.8 Å². The molecule has 0 unspecified atom stereocenters. The Balaban J connectivity index is 2.44. The molecule has 0 saturated carbocycles. The predicted octanol–water partition coefficient (Wildman–Crippen LogP) is 2.36. The molecule has 3 heterocycles. The number of H-pyrrole nitrogens is 1. The molecule has 96 valence electrons. The molecule has 0 aliphatic heterocycles. The van der Waals surface area contributed by atoms with Crippen LogP contribution in [0.3, 0.4) is 0 Å². The van der Waals surface area contributed by atoms with Crippen LogP contribution in [0.1, 0.15) is 10.4 Å². The van der Waals surface area contributed by atoms with E-state index in [0.717, 1.165) is 32.6 Å². The van der Waals surface area contributed by atoms with Crippen molar-refractivity contribution in [3.05, 3.63) is 48.5 Å². The number of nitrogens with two attached hydrogens (primary N) is 1. The first-order valence-corrected chi connectivity index (χ1v) is 6.18. The Labute approximate surface area is 113 Å². The van der Waals surface area contributed by atoms with Crippen molar-refractivity contribution in [3.63, 3.8) is 0 Å². The van der Waals surface area contributed by atoms with Gasteiger partial charge in [0.05, 0.1) is 11.0 Å². The number of amides is 1. The number of nitrogens with zero attached hydrogens (tertiary/aromatic N) is 2. The van der Waals surface area contributed by atoms with Crippen molar-refractivity contribution >= 4 is 38.5 Å². The number of fused-ring (bicyclic) bond motifs is 2. The van der Waals surface area contributed by atoms with Gasteiger partial charge in [0.2, 0.25) is 5.91 Å². The second-order valence-corrected chi connectivity index (χ2v) is 4.67. The zero-order chi connectivity index (χ0) is 13.7. The van der Waals surface area contributed by atoms with E-state index in [0.29, 0.717) is 5.56 Å². The molecule has 0 radical (unpaired) electrons. The molecule has 3 aromatic heterocycles. The van der Waals surface area contributed by atoms with Crippen LogP contribution >= 0.6 is 0 Å². The van der Waals surface area contributed by atoms with Gasteiger partial charge in [-0.2, -0.15) is 0 Å². The van der Waals surface area contributed by atoms with E-state index in [2.05, 4.69) is 15.0 Å². The molecule has 5 nitrogen and oxygen atoms in total. The van der Waals surface area contributed by atoms with Crippen LogP contribution in [0, 0.1) is 0 Å². The molecule has 1 amide bonds. The minimum Gasteiger partial charge on any atom is -0.366 e. The van der Waals surface area contributed by atoms with Crippen LogP contribution in [-0.4, -0.2) is 20.9 Å². The highest BCUT2D eigenvalue weighted by molar-refractivity contribution is 6.21. The van der Waals surface area contributed by atoms with Gasteiger partial charge in [-0.15, -0.1) is 0 Å². The number of aromatic amines is 1. The van der Waals surface area contributed by atoms with Crippen LogP contribution in [0.5, 0.6) is 0 Å². The van der Waals surface area contributed by atoms with Gasteiger partial charge in [-0.25, -0.2) is 0 Å². The van der Waals surface area contributed by atoms with Crippen LogP contribution < -0.4 is 5.73 Å². The van der Waals surface area contributed by atoms with Crippen molar-refractivity contribution in [2.24, 2.45) is 5.73 Å². The number of hydrogen-bond donors (Lipinski definition) is 2. The fourth-order valence-electron chi connectivity index (χ4n) is 2.66. The summed E-state index contributed by atoms with van der Waals surface area (Å²) in [7, 11) is 0. The van der Waals surface area contributed by atoms with Gasteiger partial charge in [-0.05, 0) is 23.6 Å². The van der Waals surface area contributed by atoms with Gasteiger partial charge in [0, 0.05) is 46.5 Å². The van der Waals surface area contributed by atoms with Gasteiger partial charge < -0.3 is 10.7 Å². The molecule has 4 rings (SSSR count). The summed E-state index contributed by atoms with van der Waals surface area (Å²) in [5.74, 6) is -0.459. The zero-order valence-corrected chi connectivity index (χ0v) is 10.4. The first-order chi connectivity index (χ1) is 9.75. The van der Waals surface area contributed by atoms with Crippen molar-refractivity contribution in [3.8, 4) is 0 Å². The van der Waals surface area contributed by atoms with E-state index in [4.69, 9.17) is 5.73 Å². The maximum atomic E-state index is 11.8. The Morgan fingerprint density at radius 2 is 2.10 bits per heavy atom. The number of carbonyl (C=O) groups excluding carboxylic acids is 1. The van der Waals surface area contributed by atoms with Crippen molar-refractivity contribution in [2.75, 3.05) is 0 Å². The number of aromatic nitrogens is 3. The molecule has 0 spiro atoms. The maximum Gasteiger partial charge on any atom is 0.249 e. The van der Waals surface area contributed by atoms with Crippen molar-refractivity contribution < 1.29 is 4.79 Å². The molecule has 3 N–H and O–H groups in total. The quantitative estimate of drug-likeness (QED) is 0.552. The van der Waals surface area contributed by atoms with E-state index in [1.54, 1.807) is 24.7 Å². The Kier molecular flexibility index (Phi) is 2.06. The number of pyridine rings is 2. The molecule has 20 heavy (non-hydrogen) atoms. The van der Waals surface area contributed by atoms with Gasteiger partial charge in [0.15, 0.2) is 0 Å². The van der Waals surface area contributed by atoms with Crippen LogP contribution in [0.4, 0.5) is 0 Å². The number of rotatable bonds is 1. The van der Waals surface area contributed by atoms with Crippen LogP contribution in [0.15, 0.2) is 43.0 Å². The highest BCUT2D eigenvalue weighted by atomic mass is 16.1. The Morgan fingerprint density at radius 1 is 1.20 bits per heavy atom. The SMILES string of the molecule is NC(=O)c1cc2ccncc2c2[nH]ccc3ncc1c32. The van der Waals surface area contributed by atoms with E-state index in [-0.39, 0.29) is 0 Å². The summed E-state index contributed by atoms with van der Waals surface area (Å²) in [6.45, 7) is 0. The Morgan fingerprint density at radius 3 is 2.95 bits per heavy atom. The van der Waals surface area contributed by atoms with Crippen LogP contribution in [0.25, 0.3) is 32.6 Å². The topological polar surface area (TPSA) is 84.7 Å². The lowest BCUT2D eigenvalue weighted by atomic mass is 10.1. The summed E-state index contributed by atoms with van der Waals surface area (Å²) >= 11 is 0. The molecular formula is C15H10N4O. The first kappa shape index (κ1) is 10.9. The summed E-state index contributed by atoms with van der Waals surface area (Å²) in [5, 5.41) is 3.51. The standard InChI is InChI=1S/C15H10N4O/c16-15(20)9-5-8-1-3-17-6-10(8)14-13-11(9)7-19-12(13)2-4-18-14/h1-7,18H,(H2,16,20). The van der Waals surface area contributed by atoms with Crippen molar-refractivity contribution in [1.29, 1.82) is 0 Å². The minimum atomic E-state index is -0.459. The normalized spacial score (nSPS) is 11.4. The van der Waals surface area contributed by atoms with Gasteiger partial charge in [0.25, 0.3) is 0 Å². The molecule has 0 atom stereocenters. The average Bonchev–Trinajstić information content (AvgIpc) is 2.82. The lowest BCUT2D eigenvalue weighted by molar-refractivity contribution is 0.100. The van der Waals surface area contributed by atoms with E-state index >= 15 is 0 Å². The summed E-state index contributed by atoms with van der Waals surface area (Å²) in [6.07, 6.45) is 7.00.